The number of anilines is 1. The number of rotatable bonds is 5. The highest BCUT2D eigenvalue weighted by Gasteiger charge is 2.23. The average molecular weight is 393 g/mol. The third kappa shape index (κ3) is 3.49. The fourth-order valence-electron chi connectivity index (χ4n) is 3.91. The van der Waals surface area contributed by atoms with Crippen LogP contribution in [0.3, 0.4) is 0 Å². The normalized spacial score (nSPS) is 16.2. The molecule has 9 heteroatoms. The summed E-state index contributed by atoms with van der Waals surface area (Å²) >= 11 is 0. The molecular weight excluding hydrogens is 370 g/mol. The third-order valence-corrected chi connectivity index (χ3v) is 5.42. The fraction of sp³-hybridized carbons (Fsp3) is 0.400. The maximum atomic E-state index is 12.8. The quantitative estimate of drug-likeness (QED) is 0.638. The molecule has 0 saturated carbocycles. The molecular formula is C20H23N7O2. The molecule has 0 amide bonds. The van der Waals surface area contributed by atoms with E-state index in [0.29, 0.717) is 19.0 Å². The van der Waals surface area contributed by atoms with Crippen LogP contribution in [0.4, 0.5) is 5.95 Å². The first-order valence-electron chi connectivity index (χ1n) is 9.95. The molecule has 0 aliphatic carbocycles. The summed E-state index contributed by atoms with van der Waals surface area (Å²) < 4.78 is 8.93. The van der Waals surface area contributed by atoms with E-state index >= 15 is 0 Å². The van der Waals surface area contributed by atoms with E-state index in [0.717, 1.165) is 56.5 Å². The lowest BCUT2D eigenvalue weighted by atomic mass is 10.2. The lowest BCUT2D eigenvalue weighted by Gasteiger charge is -2.34. The minimum Gasteiger partial charge on any atom is -0.483 e. The summed E-state index contributed by atoms with van der Waals surface area (Å²) in [4.78, 5) is 26.1. The summed E-state index contributed by atoms with van der Waals surface area (Å²) in [5.41, 5.74) is 0.672. The first-order valence-corrected chi connectivity index (χ1v) is 9.95. The van der Waals surface area contributed by atoms with Gasteiger partial charge in [-0.2, -0.15) is 5.10 Å². The standard InChI is InChI=1S/C20H23N7O2/c28-20-26(23-18-15-29-17-6-2-1-5-16(17)27(18)20)10-4-9-24-11-13-25(14-12-24)19-21-7-3-8-22-19/h1-3,5-8H,4,9-15H2. The summed E-state index contributed by atoms with van der Waals surface area (Å²) in [6.45, 7) is 5.62. The molecule has 0 unspecified atom stereocenters. The van der Waals surface area contributed by atoms with Crippen LogP contribution in [0.5, 0.6) is 5.75 Å². The Kier molecular flexibility index (Phi) is 4.73. The predicted octanol–water partition coefficient (Wildman–Crippen LogP) is 0.929. The summed E-state index contributed by atoms with van der Waals surface area (Å²) in [6.07, 6.45) is 4.43. The Labute approximate surface area is 168 Å². The molecule has 2 aliphatic heterocycles. The summed E-state index contributed by atoms with van der Waals surface area (Å²) in [7, 11) is 0. The Hall–Kier alpha value is -3.20. The molecule has 4 heterocycles. The average Bonchev–Trinajstić information content (AvgIpc) is 3.11. The van der Waals surface area contributed by atoms with Crippen LogP contribution in [0.2, 0.25) is 0 Å². The lowest BCUT2D eigenvalue weighted by molar-refractivity contribution is 0.247. The van der Waals surface area contributed by atoms with Crippen molar-refractivity contribution in [2.24, 2.45) is 0 Å². The molecule has 3 aromatic rings. The predicted molar refractivity (Wildman–Crippen MR) is 107 cm³/mol. The van der Waals surface area contributed by atoms with Crippen LogP contribution in [0.15, 0.2) is 47.5 Å². The molecule has 0 spiro atoms. The third-order valence-electron chi connectivity index (χ3n) is 5.42. The van der Waals surface area contributed by atoms with Crippen molar-refractivity contribution in [2.75, 3.05) is 37.6 Å². The number of fused-ring (bicyclic) bond motifs is 3. The highest BCUT2D eigenvalue weighted by Crippen LogP contribution is 2.26. The van der Waals surface area contributed by atoms with E-state index in [9.17, 15) is 4.79 Å². The second kappa shape index (κ2) is 7.67. The number of aromatic nitrogens is 5. The molecule has 150 valence electrons. The van der Waals surface area contributed by atoms with E-state index in [2.05, 4.69) is 24.9 Å². The molecule has 9 nitrogen and oxygen atoms in total. The van der Waals surface area contributed by atoms with Crippen molar-refractivity contribution in [2.45, 2.75) is 19.6 Å². The van der Waals surface area contributed by atoms with Crippen LogP contribution in [0, 0.1) is 0 Å². The van der Waals surface area contributed by atoms with Crippen molar-refractivity contribution in [1.29, 1.82) is 0 Å². The van der Waals surface area contributed by atoms with Gasteiger partial charge in [0.25, 0.3) is 0 Å². The highest BCUT2D eigenvalue weighted by atomic mass is 16.5. The van der Waals surface area contributed by atoms with E-state index in [1.165, 1.54) is 0 Å². The van der Waals surface area contributed by atoms with Gasteiger partial charge in [0.05, 0.1) is 5.69 Å². The Morgan fingerprint density at radius 3 is 2.59 bits per heavy atom. The summed E-state index contributed by atoms with van der Waals surface area (Å²) in [6, 6.07) is 9.41. The van der Waals surface area contributed by atoms with Crippen LogP contribution < -0.4 is 15.3 Å². The van der Waals surface area contributed by atoms with Crippen LogP contribution >= 0.6 is 0 Å². The number of ether oxygens (including phenoxy) is 1. The van der Waals surface area contributed by atoms with E-state index in [1.54, 1.807) is 21.6 Å². The van der Waals surface area contributed by atoms with Gasteiger partial charge in [-0.25, -0.2) is 24.0 Å². The summed E-state index contributed by atoms with van der Waals surface area (Å²) in [5.74, 6) is 2.18. The van der Waals surface area contributed by atoms with Crippen molar-refractivity contribution in [3.05, 3.63) is 59.0 Å². The Bertz CT molecular complexity index is 1040. The maximum Gasteiger partial charge on any atom is 0.350 e. The van der Waals surface area contributed by atoms with Gasteiger partial charge in [0.2, 0.25) is 5.95 Å². The number of hydrogen-bond donors (Lipinski definition) is 0. The second-order valence-electron chi connectivity index (χ2n) is 7.24. The molecule has 0 atom stereocenters. The number of para-hydroxylation sites is 2. The Morgan fingerprint density at radius 1 is 0.966 bits per heavy atom. The van der Waals surface area contributed by atoms with Crippen molar-refractivity contribution in [1.82, 2.24) is 29.2 Å². The number of benzene rings is 1. The summed E-state index contributed by atoms with van der Waals surface area (Å²) in [5, 5.41) is 4.48. The molecule has 5 rings (SSSR count). The monoisotopic (exact) mass is 393 g/mol. The minimum atomic E-state index is -0.0956. The fourth-order valence-corrected chi connectivity index (χ4v) is 3.91. The van der Waals surface area contributed by atoms with Crippen LogP contribution in [-0.2, 0) is 13.2 Å². The molecule has 0 N–H and O–H groups in total. The molecule has 2 aliphatic rings. The lowest BCUT2D eigenvalue weighted by Crippen LogP contribution is -2.47. The smallest absolute Gasteiger partial charge is 0.350 e. The molecule has 29 heavy (non-hydrogen) atoms. The van der Waals surface area contributed by atoms with Crippen molar-refractivity contribution >= 4 is 5.95 Å². The molecule has 2 aromatic heterocycles. The maximum absolute atomic E-state index is 12.8. The topological polar surface area (TPSA) is 81.3 Å². The van der Waals surface area contributed by atoms with E-state index in [1.807, 2.05) is 30.3 Å². The number of hydrogen-bond acceptors (Lipinski definition) is 7. The number of piperazine rings is 1. The van der Waals surface area contributed by atoms with Gasteiger partial charge in [-0.1, -0.05) is 12.1 Å². The van der Waals surface area contributed by atoms with E-state index < -0.39 is 0 Å². The van der Waals surface area contributed by atoms with E-state index in [-0.39, 0.29) is 5.69 Å². The SMILES string of the molecule is O=c1n(CCCN2CCN(c3ncccn3)CC2)nc2n1-c1ccccc1OC2. The van der Waals surface area contributed by atoms with Crippen molar-refractivity contribution in [3.63, 3.8) is 0 Å². The first kappa shape index (κ1) is 17.9. The number of aryl methyl sites for hydroxylation is 1. The highest BCUT2D eigenvalue weighted by molar-refractivity contribution is 5.48. The molecule has 0 radical (unpaired) electrons. The number of nitrogens with zero attached hydrogens (tertiary/aromatic N) is 7. The van der Waals surface area contributed by atoms with Gasteiger partial charge in [0.1, 0.15) is 12.4 Å². The van der Waals surface area contributed by atoms with Crippen molar-refractivity contribution in [3.8, 4) is 11.4 Å². The molecule has 1 saturated heterocycles. The van der Waals surface area contributed by atoms with Crippen molar-refractivity contribution < 1.29 is 4.74 Å². The Morgan fingerprint density at radius 2 is 1.76 bits per heavy atom. The molecule has 1 aromatic carbocycles. The van der Waals surface area contributed by atoms with Gasteiger partial charge in [-0.15, -0.1) is 0 Å². The largest absolute Gasteiger partial charge is 0.483 e. The van der Waals surface area contributed by atoms with Crippen LogP contribution in [-0.4, -0.2) is 61.9 Å². The van der Waals surface area contributed by atoms with Crippen LogP contribution in [0.25, 0.3) is 5.69 Å². The van der Waals surface area contributed by atoms with E-state index in [4.69, 9.17) is 4.74 Å². The first-order chi connectivity index (χ1) is 14.3. The molecule has 0 bridgehead atoms. The zero-order valence-corrected chi connectivity index (χ0v) is 16.1. The van der Waals surface area contributed by atoms with Gasteiger partial charge < -0.3 is 9.64 Å². The van der Waals surface area contributed by atoms with Gasteiger partial charge in [-0.05, 0) is 24.6 Å². The van der Waals surface area contributed by atoms with Gasteiger partial charge >= 0.3 is 5.69 Å². The van der Waals surface area contributed by atoms with Gasteiger partial charge in [0, 0.05) is 51.7 Å². The van der Waals surface area contributed by atoms with Gasteiger partial charge in [-0.3, -0.25) is 4.90 Å². The zero-order valence-electron chi connectivity index (χ0n) is 16.1. The van der Waals surface area contributed by atoms with Crippen LogP contribution in [0.1, 0.15) is 12.2 Å². The Balaban J connectivity index is 1.18. The van der Waals surface area contributed by atoms with Gasteiger partial charge in [0.15, 0.2) is 5.82 Å². The molecule has 1 fully saturated rings. The minimum absolute atomic E-state index is 0.0956. The second-order valence-corrected chi connectivity index (χ2v) is 7.24. The zero-order chi connectivity index (χ0) is 19.6.